The minimum atomic E-state index is -2.04. The zero-order valence-corrected chi connectivity index (χ0v) is 43.9. The molecular formula is C55H64FN9O10S. The van der Waals surface area contributed by atoms with Gasteiger partial charge >= 0.3 is 0 Å². The Bertz CT molecular complexity index is 2990. The number of phenols is 1. The van der Waals surface area contributed by atoms with Gasteiger partial charge in [0, 0.05) is 57.7 Å². The van der Waals surface area contributed by atoms with Gasteiger partial charge in [-0.2, -0.15) is 0 Å². The number of thiazole rings is 1. The lowest BCUT2D eigenvalue weighted by Gasteiger charge is -2.36. The second kappa shape index (κ2) is 23.2. The second-order valence-electron chi connectivity index (χ2n) is 20.9. The van der Waals surface area contributed by atoms with Crippen molar-refractivity contribution >= 4 is 52.7 Å². The van der Waals surface area contributed by atoms with Crippen molar-refractivity contribution in [1.82, 2.24) is 46.5 Å². The van der Waals surface area contributed by atoms with Crippen molar-refractivity contribution in [2.24, 2.45) is 5.41 Å². The van der Waals surface area contributed by atoms with Crippen molar-refractivity contribution in [1.29, 1.82) is 0 Å². The molecule has 21 heteroatoms. The lowest BCUT2D eigenvalue weighted by molar-refractivity contribution is -0.145. The van der Waals surface area contributed by atoms with Gasteiger partial charge in [0.1, 0.15) is 17.8 Å². The topological polar surface area (TPSA) is 265 Å². The Morgan fingerprint density at radius 3 is 2.37 bits per heavy atom. The molecule has 3 heterocycles. The fourth-order valence-corrected chi connectivity index (χ4v) is 10.3. The Morgan fingerprint density at radius 2 is 1.67 bits per heavy atom. The van der Waals surface area contributed by atoms with Gasteiger partial charge in [0.2, 0.25) is 23.6 Å². The lowest BCUT2D eigenvalue weighted by atomic mass is 9.85. The number of halogens is 1. The number of rotatable bonds is 20. The molecule has 3 aromatic carbocycles. The second-order valence-corrected chi connectivity index (χ2v) is 21.7. The summed E-state index contributed by atoms with van der Waals surface area (Å²) in [7, 11) is 1.53. The number of benzene rings is 3. The van der Waals surface area contributed by atoms with Crippen molar-refractivity contribution in [3.63, 3.8) is 0 Å². The zero-order valence-electron chi connectivity index (χ0n) is 43.1. The molecule has 0 radical (unpaired) electrons. The van der Waals surface area contributed by atoms with Gasteiger partial charge in [-0.25, -0.2) is 9.37 Å². The number of carbonyl (C=O) groups excluding carboxylic acids is 7. The monoisotopic (exact) mass is 1060 g/mol. The number of fused-ring (bicyclic) bond motifs is 1. The number of alkyl halides is 1. The van der Waals surface area contributed by atoms with Gasteiger partial charge in [-0.3, -0.25) is 33.6 Å². The first-order valence-corrected chi connectivity index (χ1v) is 26.3. The lowest BCUT2D eigenvalue weighted by Crippen LogP contribution is -2.59. The summed E-state index contributed by atoms with van der Waals surface area (Å²) < 4.78 is 20.2. The number of aliphatic hydroxyl groups is 1. The van der Waals surface area contributed by atoms with E-state index in [-0.39, 0.29) is 99.4 Å². The zero-order chi connectivity index (χ0) is 54.5. The van der Waals surface area contributed by atoms with E-state index in [4.69, 9.17) is 4.52 Å². The van der Waals surface area contributed by atoms with E-state index in [2.05, 4.69) is 36.7 Å². The van der Waals surface area contributed by atoms with Gasteiger partial charge < -0.3 is 51.1 Å². The molecule has 402 valence electrons. The van der Waals surface area contributed by atoms with E-state index in [1.807, 2.05) is 43.3 Å². The molecule has 7 amide bonds. The van der Waals surface area contributed by atoms with Crippen LogP contribution < -0.4 is 26.6 Å². The number of aromatic hydroxyl groups is 1. The standard InChI is InChI=1S/C55H64FN9O10S/c1-31-47(76-30-59-31)34-14-12-33(13-15-34)40(61-50(71)42-26-36(66)29-65(42)52(73)48(54(2,3)4)62-53(74)55(56)20-21-55)28-46(69)57-22-8-11-45(68)58-23-24-64(5)51(72)38-18-16-35(25-43(38)67)44-27-41(63-75-44)49(70)60-39-19-17-32-9-6-7-10-37(32)39/h6-7,9-10,12-16,18,25,27,30,36,39-40,42,48,66-67H,8,11,17,19-24,26,28-29H2,1-5H3,(H,57,69)(H,58,68)(H,60,70)(H,61,71)(H,62,74)/t36-,39-,40?,42+,48?/m1/s1. The number of β-amino-alcohol motifs (C(OH)–C–C–N with tert-alkyl or cyclic N) is 1. The highest BCUT2D eigenvalue weighted by Gasteiger charge is 2.53. The Balaban J connectivity index is 0.807. The molecule has 2 aliphatic carbocycles. The number of amides is 7. The van der Waals surface area contributed by atoms with Gasteiger partial charge in [0.05, 0.1) is 46.3 Å². The van der Waals surface area contributed by atoms with E-state index in [9.17, 15) is 48.2 Å². The normalized spacial score (nSPS) is 18.2. The molecule has 5 atom stereocenters. The number of likely N-dealkylation sites (N-methyl/N-ethyl adjacent to an activating group) is 1. The highest BCUT2D eigenvalue weighted by Crippen LogP contribution is 2.41. The number of hydrogen-bond donors (Lipinski definition) is 7. The number of nitrogens with one attached hydrogen (secondary N) is 5. The van der Waals surface area contributed by atoms with E-state index in [0.29, 0.717) is 11.1 Å². The van der Waals surface area contributed by atoms with Crippen LogP contribution in [0.25, 0.3) is 21.8 Å². The molecule has 0 spiro atoms. The molecule has 3 aliphatic rings. The molecule has 2 unspecified atom stereocenters. The van der Waals surface area contributed by atoms with Crippen molar-refractivity contribution in [2.45, 2.75) is 115 Å². The molecule has 8 rings (SSSR count). The fraction of sp³-hybridized carbons (Fsp3) is 0.436. The quantitative estimate of drug-likeness (QED) is 0.0495. The van der Waals surface area contributed by atoms with E-state index in [1.54, 1.807) is 44.5 Å². The summed E-state index contributed by atoms with van der Waals surface area (Å²) >= 11 is 1.47. The van der Waals surface area contributed by atoms with Crippen molar-refractivity contribution in [2.75, 3.05) is 33.2 Å². The Labute approximate surface area is 443 Å². The minimum Gasteiger partial charge on any atom is -0.507 e. The average Bonchev–Trinajstić information content (AvgIpc) is 3.87. The Morgan fingerprint density at radius 1 is 0.947 bits per heavy atom. The summed E-state index contributed by atoms with van der Waals surface area (Å²) in [6, 6.07) is 17.7. The maximum Gasteiger partial charge on any atom is 0.273 e. The van der Waals surface area contributed by atoms with E-state index >= 15 is 0 Å². The van der Waals surface area contributed by atoms with Crippen LogP contribution in [-0.4, -0.2) is 129 Å². The Kier molecular flexibility index (Phi) is 16.7. The molecule has 76 heavy (non-hydrogen) atoms. The molecule has 7 N–H and O–H groups in total. The smallest absolute Gasteiger partial charge is 0.273 e. The van der Waals surface area contributed by atoms with Crippen LogP contribution in [0, 0.1) is 12.3 Å². The predicted molar refractivity (Wildman–Crippen MR) is 279 cm³/mol. The number of aryl methyl sites for hydroxylation is 2. The number of likely N-dealkylation sites (tertiary alicyclic amines) is 1. The number of aliphatic hydroxyl groups excluding tert-OH is 1. The highest BCUT2D eigenvalue weighted by molar-refractivity contribution is 7.13. The summed E-state index contributed by atoms with van der Waals surface area (Å²) in [4.78, 5) is 102. The third-order valence-electron chi connectivity index (χ3n) is 14.1. The molecule has 19 nitrogen and oxygen atoms in total. The van der Waals surface area contributed by atoms with Crippen LogP contribution in [0.1, 0.15) is 121 Å². The van der Waals surface area contributed by atoms with Crippen LogP contribution in [0.15, 0.2) is 82.8 Å². The van der Waals surface area contributed by atoms with Gasteiger partial charge in [0.15, 0.2) is 17.1 Å². The van der Waals surface area contributed by atoms with Gasteiger partial charge in [-0.15, -0.1) is 11.3 Å². The first-order valence-electron chi connectivity index (χ1n) is 25.5. The SMILES string of the molecule is Cc1ncsc1-c1ccc(C(CC(=O)NCCCC(=O)NCCN(C)C(=O)c2ccc(-c3cc(C(=O)N[C@@H]4CCc5ccccc54)no3)cc2O)NC(=O)[C@@H]2C[C@@H](O)CN2C(=O)C(NC(=O)C2(F)CC2)C(C)(C)C)cc1. The average molecular weight is 1060 g/mol. The van der Waals surface area contributed by atoms with E-state index in [0.717, 1.165) is 34.5 Å². The van der Waals surface area contributed by atoms with E-state index < -0.39 is 70.8 Å². The first kappa shape index (κ1) is 54.7. The Hall–Kier alpha value is -7.52. The molecule has 1 saturated heterocycles. The van der Waals surface area contributed by atoms with Crippen LogP contribution in [0.2, 0.25) is 0 Å². The van der Waals surface area contributed by atoms with Crippen LogP contribution >= 0.6 is 11.3 Å². The molecule has 1 aliphatic heterocycles. The molecule has 2 fully saturated rings. The molecule has 2 aromatic heterocycles. The third kappa shape index (κ3) is 12.9. The van der Waals surface area contributed by atoms with Crippen LogP contribution in [-0.2, 0) is 30.4 Å². The molecule has 5 aromatic rings. The summed E-state index contributed by atoms with van der Waals surface area (Å²) in [5.41, 5.74) is 3.93. The fourth-order valence-electron chi connectivity index (χ4n) is 9.50. The number of phenolic OH excluding ortho intramolecular Hbond substituents is 1. The van der Waals surface area contributed by atoms with Crippen LogP contribution in [0.3, 0.4) is 0 Å². The largest absolute Gasteiger partial charge is 0.507 e. The van der Waals surface area contributed by atoms with Crippen LogP contribution in [0.4, 0.5) is 4.39 Å². The van der Waals surface area contributed by atoms with Crippen molar-refractivity contribution < 1.29 is 52.7 Å². The molecule has 1 saturated carbocycles. The van der Waals surface area contributed by atoms with Crippen molar-refractivity contribution in [3.05, 3.63) is 112 Å². The number of aromatic nitrogens is 2. The number of nitrogens with zero attached hydrogens (tertiary/aromatic N) is 4. The third-order valence-corrected chi connectivity index (χ3v) is 15.1. The van der Waals surface area contributed by atoms with Gasteiger partial charge in [0.25, 0.3) is 17.7 Å². The van der Waals surface area contributed by atoms with Gasteiger partial charge in [-0.05, 0) is 78.8 Å². The summed E-state index contributed by atoms with van der Waals surface area (Å²) in [5, 5.41) is 39.6. The molecular weight excluding hydrogens is 998 g/mol. The molecule has 0 bridgehead atoms. The van der Waals surface area contributed by atoms with Crippen LogP contribution in [0.5, 0.6) is 5.75 Å². The number of carbonyl (C=O) groups is 7. The maximum atomic E-state index is 14.7. The maximum absolute atomic E-state index is 14.7. The minimum absolute atomic E-state index is 0.0168. The predicted octanol–water partition coefficient (Wildman–Crippen LogP) is 5.22. The first-order chi connectivity index (χ1) is 36.2. The summed E-state index contributed by atoms with van der Waals surface area (Å²) in [6.07, 6.45) is 0.708. The van der Waals surface area contributed by atoms with Crippen molar-refractivity contribution in [3.8, 4) is 27.5 Å². The summed E-state index contributed by atoms with van der Waals surface area (Å²) in [5.74, 6) is -3.88. The van der Waals surface area contributed by atoms with E-state index in [1.165, 1.54) is 51.9 Å². The highest BCUT2D eigenvalue weighted by atomic mass is 32.1. The number of hydrogen-bond acceptors (Lipinski definition) is 13. The summed E-state index contributed by atoms with van der Waals surface area (Å²) in [6.45, 7) is 7.20. The van der Waals surface area contributed by atoms with Gasteiger partial charge in [-0.1, -0.05) is 80.5 Å².